The van der Waals surface area contributed by atoms with Crippen LogP contribution in [0.25, 0.3) is 0 Å². The predicted octanol–water partition coefficient (Wildman–Crippen LogP) is 0.159. The van der Waals surface area contributed by atoms with Gasteiger partial charge < -0.3 is 10.2 Å². The fraction of sp³-hybridized carbons (Fsp3) is 0.588. The average Bonchev–Trinajstić information content (AvgIpc) is 2.74. The number of nitrogens with zero attached hydrogens (tertiary/aromatic N) is 1. The van der Waals surface area contributed by atoms with Gasteiger partial charge in [-0.15, -0.1) is 0 Å². The maximum atomic E-state index is 13.4. The zero-order valence-corrected chi connectivity index (χ0v) is 16.1. The standard InChI is InChI=1S/C17H25F2N3O3S/c1-17(2,3)20-16(23)12-21-7-4-8-22(10-9-21)26(24,25)13-5-6-14(18)15(19)11-13/h5-6,11H,4,7-10,12H2,1-3H3,(H,20,23)/p+1. The highest BCUT2D eigenvalue weighted by Crippen LogP contribution is 2.18. The first-order valence-electron chi connectivity index (χ1n) is 8.59. The molecule has 1 aliphatic heterocycles. The first-order chi connectivity index (χ1) is 12.0. The summed E-state index contributed by atoms with van der Waals surface area (Å²) in [5.41, 5.74) is -0.315. The molecule has 1 fully saturated rings. The second-order valence-corrected chi connectivity index (χ2v) is 9.50. The van der Waals surface area contributed by atoms with Crippen LogP contribution in [-0.2, 0) is 14.8 Å². The SMILES string of the molecule is CC(C)(C)NC(=O)C[NH+]1CCCN(S(=O)(=O)c2ccc(F)c(F)c2)CC1. The topological polar surface area (TPSA) is 70.9 Å². The van der Waals surface area contributed by atoms with Crippen LogP contribution in [0.1, 0.15) is 27.2 Å². The number of carbonyl (C=O) groups is 1. The third kappa shape index (κ3) is 5.46. The van der Waals surface area contributed by atoms with Crippen molar-refractivity contribution in [2.24, 2.45) is 0 Å². The Morgan fingerprint density at radius 3 is 2.50 bits per heavy atom. The molecule has 1 aromatic carbocycles. The van der Waals surface area contributed by atoms with Gasteiger partial charge >= 0.3 is 0 Å². The van der Waals surface area contributed by atoms with E-state index in [2.05, 4.69) is 5.32 Å². The highest BCUT2D eigenvalue weighted by molar-refractivity contribution is 7.89. The number of benzene rings is 1. The molecule has 2 rings (SSSR count). The fourth-order valence-corrected chi connectivity index (χ4v) is 4.41. The van der Waals surface area contributed by atoms with Gasteiger partial charge in [-0.3, -0.25) is 4.79 Å². The molecular weight excluding hydrogens is 364 g/mol. The minimum Gasteiger partial charge on any atom is -0.347 e. The zero-order valence-electron chi connectivity index (χ0n) is 15.3. The van der Waals surface area contributed by atoms with Crippen LogP contribution in [0.15, 0.2) is 23.1 Å². The normalized spacial score (nSPS) is 19.8. The Hall–Kier alpha value is -1.58. The first-order valence-corrected chi connectivity index (χ1v) is 10.0. The first kappa shape index (κ1) is 20.7. The highest BCUT2D eigenvalue weighted by atomic mass is 32.2. The van der Waals surface area contributed by atoms with Crippen molar-refractivity contribution >= 4 is 15.9 Å². The summed E-state index contributed by atoms with van der Waals surface area (Å²) < 4.78 is 53.1. The van der Waals surface area contributed by atoms with Crippen molar-refractivity contribution in [1.82, 2.24) is 9.62 Å². The molecule has 0 saturated carbocycles. The minimum absolute atomic E-state index is 0.0792. The number of carbonyl (C=O) groups excluding carboxylic acids is 1. The predicted molar refractivity (Wildman–Crippen MR) is 93.2 cm³/mol. The molecule has 1 heterocycles. The van der Waals surface area contributed by atoms with E-state index in [9.17, 15) is 22.0 Å². The molecule has 1 amide bonds. The molecule has 1 unspecified atom stereocenters. The van der Waals surface area contributed by atoms with Crippen molar-refractivity contribution in [1.29, 1.82) is 0 Å². The van der Waals surface area contributed by atoms with Crippen molar-refractivity contribution in [3.05, 3.63) is 29.8 Å². The number of hydrogen-bond donors (Lipinski definition) is 2. The van der Waals surface area contributed by atoms with Gasteiger partial charge in [0.25, 0.3) is 5.91 Å². The number of hydrogen-bond acceptors (Lipinski definition) is 3. The van der Waals surface area contributed by atoms with E-state index < -0.39 is 21.7 Å². The Morgan fingerprint density at radius 2 is 1.88 bits per heavy atom. The van der Waals surface area contributed by atoms with Crippen LogP contribution in [0.2, 0.25) is 0 Å². The number of nitrogens with one attached hydrogen (secondary N) is 2. The van der Waals surface area contributed by atoms with Crippen molar-refractivity contribution < 1.29 is 26.9 Å². The maximum absolute atomic E-state index is 13.4. The molecule has 0 radical (unpaired) electrons. The summed E-state index contributed by atoms with van der Waals surface area (Å²) in [6, 6.07) is 2.59. The van der Waals surface area contributed by atoms with E-state index in [1.54, 1.807) is 0 Å². The summed E-state index contributed by atoms with van der Waals surface area (Å²) in [7, 11) is -3.89. The summed E-state index contributed by atoms with van der Waals surface area (Å²) in [6.07, 6.45) is 0.584. The van der Waals surface area contributed by atoms with Gasteiger partial charge in [0.1, 0.15) is 0 Å². The van der Waals surface area contributed by atoms with Gasteiger partial charge in [-0.1, -0.05) is 0 Å². The van der Waals surface area contributed by atoms with E-state index in [1.165, 1.54) is 4.31 Å². The quantitative estimate of drug-likeness (QED) is 0.770. The van der Waals surface area contributed by atoms with Gasteiger partial charge in [0, 0.05) is 18.5 Å². The van der Waals surface area contributed by atoms with Gasteiger partial charge in [-0.25, -0.2) is 17.2 Å². The van der Waals surface area contributed by atoms with Crippen LogP contribution < -0.4 is 10.2 Å². The lowest BCUT2D eigenvalue weighted by molar-refractivity contribution is -0.889. The lowest BCUT2D eigenvalue weighted by Crippen LogP contribution is -3.13. The molecule has 0 aromatic heterocycles. The molecule has 0 spiro atoms. The Balaban J connectivity index is 2.03. The second kappa shape index (κ2) is 7.98. The number of amides is 1. The Labute approximate surface area is 153 Å². The number of rotatable bonds is 4. The van der Waals surface area contributed by atoms with E-state index in [0.717, 1.165) is 17.0 Å². The highest BCUT2D eigenvalue weighted by Gasteiger charge is 2.30. The molecule has 9 heteroatoms. The molecule has 26 heavy (non-hydrogen) atoms. The van der Waals surface area contributed by atoms with Gasteiger partial charge in [0.2, 0.25) is 10.0 Å². The molecule has 0 aliphatic carbocycles. The Bertz CT molecular complexity index is 763. The van der Waals surface area contributed by atoms with E-state index in [1.807, 2.05) is 20.8 Å². The van der Waals surface area contributed by atoms with Crippen LogP contribution in [0.4, 0.5) is 8.78 Å². The van der Waals surface area contributed by atoms with E-state index >= 15 is 0 Å². The van der Waals surface area contributed by atoms with Gasteiger partial charge in [-0.05, 0) is 39.0 Å². The van der Waals surface area contributed by atoms with Crippen LogP contribution >= 0.6 is 0 Å². The van der Waals surface area contributed by atoms with Crippen molar-refractivity contribution in [2.45, 2.75) is 37.6 Å². The van der Waals surface area contributed by atoms with Gasteiger partial charge in [-0.2, -0.15) is 4.31 Å². The van der Waals surface area contributed by atoms with Gasteiger partial charge in [0.05, 0.1) is 24.5 Å². The molecule has 2 N–H and O–H groups in total. The lowest BCUT2D eigenvalue weighted by Gasteiger charge is -2.23. The number of halogens is 2. The Morgan fingerprint density at radius 1 is 1.19 bits per heavy atom. The second-order valence-electron chi connectivity index (χ2n) is 7.56. The molecule has 146 valence electrons. The van der Waals surface area contributed by atoms with Gasteiger partial charge in [0.15, 0.2) is 18.2 Å². The summed E-state index contributed by atoms with van der Waals surface area (Å²) in [4.78, 5) is 12.8. The van der Waals surface area contributed by atoms with E-state index in [0.29, 0.717) is 25.6 Å². The van der Waals surface area contributed by atoms with Crippen LogP contribution in [0.3, 0.4) is 0 Å². The monoisotopic (exact) mass is 390 g/mol. The molecule has 1 saturated heterocycles. The smallest absolute Gasteiger partial charge is 0.275 e. The van der Waals surface area contributed by atoms with Crippen LogP contribution in [0, 0.1) is 11.6 Å². The number of quaternary nitrogens is 1. The molecule has 1 atom stereocenters. The number of sulfonamides is 1. The van der Waals surface area contributed by atoms with Crippen molar-refractivity contribution in [3.63, 3.8) is 0 Å². The third-order valence-electron chi connectivity index (χ3n) is 4.11. The van der Waals surface area contributed by atoms with Crippen molar-refractivity contribution in [3.8, 4) is 0 Å². The summed E-state index contributed by atoms with van der Waals surface area (Å²) in [5.74, 6) is -2.35. The Kier molecular flexibility index (Phi) is 6.36. The van der Waals surface area contributed by atoms with E-state index in [-0.39, 0.29) is 36.0 Å². The minimum atomic E-state index is -3.89. The molecule has 1 aromatic rings. The van der Waals surface area contributed by atoms with Crippen LogP contribution in [0.5, 0.6) is 0 Å². The van der Waals surface area contributed by atoms with Crippen molar-refractivity contribution in [2.75, 3.05) is 32.7 Å². The summed E-state index contributed by atoms with van der Waals surface area (Å²) >= 11 is 0. The van der Waals surface area contributed by atoms with E-state index in [4.69, 9.17) is 0 Å². The lowest BCUT2D eigenvalue weighted by atomic mass is 10.1. The summed E-state index contributed by atoms with van der Waals surface area (Å²) in [5, 5.41) is 2.90. The average molecular weight is 390 g/mol. The van der Waals surface area contributed by atoms with Crippen LogP contribution in [-0.4, -0.2) is 56.9 Å². The molecule has 6 nitrogen and oxygen atoms in total. The maximum Gasteiger partial charge on any atom is 0.275 e. The zero-order chi connectivity index (χ0) is 19.5. The fourth-order valence-electron chi connectivity index (χ4n) is 2.92. The third-order valence-corrected chi connectivity index (χ3v) is 6.00. The molecular formula is C17H26F2N3O3S+. The summed E-state index contributed by atoms with van der Waals surface area (Å²) in [6.45, 7) is 7.62. The largest absolute Gasteiger partial charge is 0.347 e. The molecule has 0 bridgehead atoms. The molecule has 1 aliphatic rings.